The van der Waals surface area contributed by atoms with E-state index in [9.17, 15) is 18.0 Å². The van der Waals surface area contributed by atoms with Gasteiger partial charge in [0.2, 0.25) is 11.8 Å². The van der Waals surface area contributed by atoms with Crippen LogP contribution in [-0.4, -0.2) is 81.2 Å². The van der Waals surface area contributed by atoms with Gasteiger partial charge in [0.05, 0.1) is 11.4 Å². The fraction of sp³-hybridized carbons (Fsp3) is 0.550. The highest BCUT2D eigenvalue weighted by Crippen LogP contribution is 2.24. The van der Waals surface area contributed by atoms with Crippen LogP contribution in [0.5, 0.6) is 0 Å². The third-order valence-corrected chi connectivity index (χ3v) is 6.64. The largest absolute Gasteiger partial charge is 0.355 e. The summed E-state index contributed by atoms with van der Waals surface area (Å²) in [4.78, 5) is 33.4. The molecule has 2 aliphatic heterocycles. The molecule has 0 saturated carbocycles. The molecule has 0 spiro atoms. The third kappa shape index (κ3) is 4.81. The lowest BCUT2D eigenvalue weighted by atomic mass is 10.0. The third-order valence-electron chi connectivity index (χ3n) is 5.24. The zero-order valence-corrected chi connectivity index (χ0v) is 18.4. The average molecular weight is 436 g/mol. The Morgan fingerprint density at radius 3 is 2.47 bits per heavy atom. The number of carbonyl (C=O) groups excluding carboxylic acids is 2. The summed E-state index contributed by atoms with van der Waals surface area (Å²) < 4.78 is 27.1. The molecule has 0 aliphatic carbocycles. The monoisotopic (exact) mass is 435 g/mol. The van der Waals surface area contributed by atoms with Gasteiger partial charge in [-0.3, -0.25) is 24.2 Å². The second-order valence-corrected chi connectivity index (χ2v) is 9.47. The molecule has 2 amide bonds. The van der Waals surface area contributed by atoms with Gasteiger partial charge in [-0.1, -0.05) is 26.0 Å². The maximum atomic E-state index is 13.2. The number of nitrogens with one attached hydrogen (secondary N) is 2. The van der Waals surface area contributed by atoms with Crippen LogP contribution in [0.2, 0.25) is 0 Å². The molecule has 164 valence electrons. The van der Waals surface area contributed by atoms with Crippen molar-refractivity contribution in [3.8, 4) is 0 Å². The molecule has 1 aromatic carbocycles. The lowest BCUT2D eigenvalue weighted by Crippen LogP contribution is -2.53. The molecular formula is C20H29N5O4S. The summed E-state index contributed by atoms with van der Waals surface area (Å²) in [5, 5.41) is 2.78. The maximum absolute atomic E-state index is 13.2. The highest BCUT2D eigenvalue weighted by molar-refractivity contribution is 7.90. The molecule has 10 heteroatoms. The number of likely N-dealkylation sites (N-methyl/N-ethyl adjacent to an activating group) is 1. The molecule has 0 bridgehead atoms. The number of fused-ring (bicyclic) bond motifs is 1. The van der Waals surface area contributed by atoms with E-state index in [0.717, 1.165) is 0 Å². The Morgan fingerprint density at radius 1 is 1.17 bits per heavy atom. The molecule has 1 aromatic rings. The van der Waals surface area contributed by atoms with Gasteiger partial charge in [0, 0.05) is 38.3 Å². The smallest absolute Gasteiger partial charge is 0.263 e. The number of rotatable bonds is 6. The van der Waals surface area contributed by atoms with Gasteiger partial charge in [-0.2, -0.15) is 0 Å². The summed E-state index contributed by atoms with van der Waals surface area (Å²) in [6.07, 6.45) is 0. The number of hydrogen-bond acceptors (Lipinski definition) is 6. The quantitative estimate of drug-likeness (QED) is 0.655. The van der Waals surface area contributed by atoms with Crippen LogP contribution in [0.15, 0.2) is 34.2 Å². The van der Waals surface area contributed by atoms with Crippen molar-refractivity contribution in [3.05, 3.63) is 29.8 Å². The van der Waals surface area contributed by atoms with Crippen LogP contribution in [0.4, 0.5) is 0 Å². The number of nitrogens with zero attached hydrogens (tertiary/aromatic N) is 3. The first kappa shape index (κ1) is 22.2. The van der Waals surface area contributed by atoms with Gasteiger partial charge in [-0.15, -0.1) is 0 Å². The first-order chi connectivity index (χ1) is 14.2. The van der Waals surface area contributed by atoms with Crippen molar-refractivity contribution in [1.29, 1.82) is 0 Å². The molecule has 3 rings (SSSR count). The van der Waals surface area contributed by atoms with Gasteiger partial charge in [-0.05, 0) is 25.0 Å². The van der Waals surface area contributed by atoms with E-state index in [0.29, 0.717) is 44.8 Å². The normalized spacial score (nSPS) is 20.7. The van der Waals surface area contributed by atoms with E-state index in [-0.39, 0.29) is 28.5 Å². The average Bonchev–Trinajstić information content (AvgIpc) is 2.96. The van der Waals surface area contributed by atoms with E-state index in [1.807, 2.05) is 25.7 Å². The van der Waals surface area contributed by atoms with Gasteiger partial charge < -0.3 is 10.2 Å². The molecule has 0 radical (unpaired) electrons. The van der Waals surface area contributed by atoms with E-state index < -0.39 is 16.1 Å². The van der Waals surface area contributed by atoms with Crippen LogP contribution < -0.4 is 10.0 Å². The van der Waals surface area contributed by atoms with Crippen LogP contribution in [0.25, 0.3) is 0 Å². The van der Waals surface area contributed by atoms with E-state index in [1.54, 1.807) is 23.1 Å². The predicted octanol–water partition coefficient (Wildman–Crippen LogP) is 0.0300. The summed E-state index contributed by atoms with van der Waals surface area (Å²) >= 11 is 0. The zero-order chi connectivity index (χ0) is 21.9. The minimum Gasteiger partial charge on any atom is -0.355 e. The molecule has 2 aliphatic rings. The Morgan fingerprint density at radius 2 is 1.83 bits per heavy atom. The van der Waals surface area contributed by atoms with Gasteiger partial charge in [0.1, 0.15) is 11.9 Å². The molecule has 9 nitrogen and oxygen atoms in total. The molecule has 0 aromatic heterocycles. The predicted molar refractivity (Wildman–Crippen MR) is 114 cm³/mol. The van der Waals surface area contributed by atoms with E-state index in [1.165, 1.54) is 6.07 Å². The van der Waals surface area contributed by atoms with Crippen molar-refractivity contribution < 1.29 is 18.0 Å². The molecule has 2 heterocycles. The summed E-state index contributed by atoms with van der Waals surface area (Å²) in [5.74, 6) is -0.0298. The molecule has 30 heavy (non-hydrogen) atoms. The van der Waals surface area contributed by atoms with Gasteiger partial charge in [-0.25, -0.2) is 8.42 Å². The molecular weight excluding hydrogens is 406 g/mol. The summed E-state index contributed by atoms with van der Waals surface area (Å²) in [6.45, 7) is 8.83. The fourth-order valence-electron chi connectivity index (χ4n) is 3.63. The van der Waals surface area contributed by atoms with Crippen molar-refractivity contribution in [3.63, 3.8) is 0 Å². The number of sulfonamides is 1. The van der Waals surface area contributed by atoms with E-state index in [4.69, 9.17) is 0 Å². The first-order valence-corrected chi connectivity index (χ1v) is 11.7. The Kier molecular flexibility index (Phi) is 6.77. The first-order valence-electron chi connectivity index (χ1n) is 10.2. The number of amides is 2. The number of piperazine rings is 1. The molecule has 1 atom stereocenters. The minimum absolute atomic E-state index is 0.0177. The molecule has 1 fully saturated rings. The highest BCUT2D eigenvalue weighted by atomic mass is 32.2. The number of benzene rings is 1. The zero-order valence-electron chi connectivity index (χ0n) is 17.6. The fourth-order valence-corrected chi connectivity index (χ4v) is 4.87. The van der Waals surface area contributed by atoms with Crippen molar-refractivity contribution in [2.75, 3.05) is 39.3 Å². The lowest BCUT2D eigenvalue weighted by molar-refractivity contribution is -0.135. The van der Waals surface area contributed by atoms with E-state index in [2.05, 4.69) is 15.0 Å². The Bertz CT molecular complexity index is 936. The molecule has 2 N–H and O–H groups in total. The van der Waals surface area contributed by atoms with Crippen LogP contribution in [0.1, 0.15) is 26.3 Å². The van der Waals surface area contributed by atoms with Crippen molar-refractivity contribution in [2.24, 2.45) is 10.9 Å². The van der Waals surface area contributed by atoms with Gasteiger partial charge in [0.15, 0.2) is 0 Å². The van der Waals surface area contributed by atoms with Crippen molar-refractivity contribution >= 4 is 27.7 Å². The topological polar surface area (TPSA) is 111 Å². The van der Waals surface area contributed by atoms with Crippen LogP contribution >= 0.6 is 0 Å². The van der Waals surface area contributed by atoms with Crippen molar-refractivity contribution in [2.45, 2.75) is 31.7 Å². The Hall–Kier alpha value is -2.46. The SMILES string of the molecule is CCNC(=O)CN1CCN(C(=O)[C@@H](N=C2NS(=O)(=O)c3ccccc32)C(C)C)CC1. The standard InChI is InChI=1S/C20H29N5O4S/c1-4-21-17(26)13-24-9-11-25(12-10-24)20(27)18(14(2)3)22-19-15-7-5-6-8-16(15)30(28,29)23-19/h5-8,14,18H,4,9-13H2,1-3H3,(H,21,26)(H,22,23)/t18-/m0/s1. The number of amidine groups is 1. The lowest BCUT2D eigenvalue weighted by Gasteiger charge is -2.36. The molecule has 1 saturated heterocycles. The van der Waals surface area contributed by atoms with Crippen LogP contribution in [-0.2, 0) is 19.6 Å². The van der Waals surface area contributed by atoms with Crippen LogP contribution in [0.3, 0.4) is 0 Å². The summed E-state index contributed by atoms with van der Waals surface area (Å²) in [6, 6.07) is 5.93. The summed E-state index contributed by atoms with van der Waals surface area (Å²) in [7, 11) is -3.65. The van der Waals surface area contributed by atoms with Crippen molar-refractivity contribution in [1.82, 2.24) is 19.8 Å². The number of carbonyl (C=O) groups is 2. The highest BCUT2D eigenvalue weighted by Gasteiger charge is 2.34. The summed E-state index contributed by atoms with van der Waals surface area (Å²) in [5.41, 5.74) is 0.489. The molecule has 0 unspecified atom stereocenters. The van der Waals surface area contributed by atoms with Gasteiger partial charge >= 0.3 is 0 Å². The second kappa shape index (κ2) is 9.13. The Balaban J connectivity index is 1.72. The number of hydrogen-bond donors (Lipinski definition) is 2. The number of aliphatic imine (C=N–C) groups is 1. The minimum atomic E-state index is -3.65. The Labute approximate surface area is 177 Å². The van der Waals surface area contributed by atoms with Crippen LogP contribution in [0, 0.1) is 5.92 Å². The second-order valence-electron chi connectivity index (χ2n) is 7.82. The van der Waals surface area contributed by atoms with E-state index >= 15 is 0 Å². The maximum Gasteiger partial charge on any atom is 0.263 e. The van der Waals surface area contributed by atoms with Gasteiger partial charge in [0.25, 0.3) is 10.0 Å².